The van der Waals surface area contributed by atoms with Crippen LogP contribution < -0.4 is 10.6 Å². The molecule has 0 radical (unpaired) electrons. The van der Waals surface area contributed by atoms with Crippen LogP contribution in [0.4, 0.5) is 4.79 Å². The lowest BCUT2D eigenvalue weighted by atomic mass is 9.98. The summed E-state index contributed by atoms with van der Waals surface area (Å²) >= 11 is 0. The quantitative estimate of drug-likeness (QED) is 0.297. The van der Waals surface area contributed by atoms with Crippen LogP contribution in [0.15, 0.2) is 48.5 Å². The van der Waals surface area contributed by atoms with Crippen molar-refractivity contribution in [2.45, 2.75) is 88.5 Å². The second kappa shape index (κ2) is 12.8. The van der Waals surface area contributed by atoms with Crippen LogP contribution in [0.25, 0.3) is 11.1 Å². The summed E-state index contributed by atoms with van der Waals surface area (Å²) in [4.78, 5) is 37.1. The summed E-state index contributed by atoms with van der Waals surface area (Å²) < 4.78 is 29.0. The van der Waals surface area contributed by atoms with E-state index in [1.54, 1.807) is 27.7 Å². The first kappa shape index (κ1) is 31.9. The van der Waals surface area contributed by atoms with Crippen molar-refractivity contribution in [3.63, 3.8) is 0 Å². The first-order chi connectivity index (χ1) is 20.8. The van der Waals surface area contributed by atoms with Gasteiger partial charge in [-0.1, -0.05) is 48.5 Å². The van der Waals surface area contributed by atoms with Crippen LogP contribution in [-0.2, 0) is 33.3 Å². The Labute approximate surface area is 256 Å². The number of fused-ring (bicyclic) bond motifs is 3. The lowest BCUT2D eigenvalue weighted by Gasteiger charge is -2.26. The van der Waals surface area contributed by atoms with Gasteiger partial charge in [0.2, 0.25) is 5.91 Å². The van der Waals surface area contributed by atoms with Gasteiger partial charge >= 0.3 is 12.1 Å². The minimum Gasteiger partial charge on any atom is -0.481 e. The Hall–Kier alpha value is -3.55. The highest BCUT2D eigenvalue weighted by Gasteiger charge is 2.52. The summed E-state index contributed by atoms with van der Waals surface area (Å²) in [6, 6.07) is 14.8. The zero-order valence-corrected chi connectivity index (χ0v) is 25.3. The molecule has 0 spiro atoms. The summed E-state index contributed by atoms with van der Waals surface area (Å²) in [6.45, 7) is 7.11. The number of rotatable bonds is 11. The molecular weight excluding hydrogens is 572 g/mol. The molecule has 5 rings (SSSR count). The van der Waals surface area contributed by atoms with Crippen molar-refractivity contribution in [2.75, 3.05) is 19.8 Å². The van der Waals surface area contributed by atoms with E-state index >= 15 is 0 Å². The first-order valence-electron chi connectivity index (χ1n) is 14.8. The predicted octanol–water partition coefficient (Wildman–Crippen LogP) is 2.91. The number of amides is 2. The molecule has 4 N–H and O–H groups in total. The highest BCUT2D eigenvalue weighted by atomic mass is 16.8. The standard InChI is InChI=1S/C32H40N2O10/c1-31(2)41-17-25(42-31)29-28(43-32(3,4)44-29)24(35)15-33-26(36)13-18(14-27(37)38)34-30(39)40-16-23-21-11-7-5-9-19(21)20-10-6-8-12-22(20)23/h5-12,18,23-25,28-29,35H,13-17H2,1-4H3,(H,33,36)(H,34,39)(H,37,38)/t18?,24-,25+,28+,29+/m0/s1. The highest BCUT2D eigenvalue weighted by molar-refractivity contribution is 5.80. The number of hydrogen-bond acceptors (Lipinski definition) is 9. The fourth-order valence-corrected chi connectivity index (χ4v) is 6.10. The number of aliphatic hydroxyl groups is 1. The van der Waals surface area contributed by atoms with Crippen molar-refractivity contribution >= 4 is 18.0 Å². The highest BCUT2D eigenvalue weighted by Crippen LogP contribution is 2.44. The smallest absolute Gasteiger partial charge is 0.407 e. The third-order valence-corrected chi connectivity index (χ3v) is 7.97. The van der Waals surface area contributed by atoms with Crippen LogP contribution in [0, 0.1) is 0 Å². The number of hydrogen-bond donors (Lipinski definition) is 4. The molecule has 2 aliphatic heterocycles. The molecule has 2 aromatic carbocycles. The maximum absolute atomic E-state index is 12.8. The monoisotopic (exact) mass is 612 g/mol. The summed E-state index contributed by atoms with van der Waals surface area (Å²) in [5, 5.41) is 25.4. The van der Waals surface area contributed by atoms with Crippen LogP contribution >= 0.6 is 0 Å². The molecule has 0 aromatic heterocycles. The number of alkyl carbamates (subject to hydrolysis) is 1. The fourth-order valence-electron chi connectivity index (χ4n) is 6.10. The summed E-state index contributed by atoms with van der Waals surface area (Å²) in [5.74, 6) is -3.71. The van der Waals surface area contributed by atoms with Gasteiger partial charge in [-0.15, -0.1) is 0 Å². The number of carbonyl (C=O) groups excluding carboxylic acids is 2. The van der Waals surface area contributed by atoms with Gasteiger partial charge in [-0.2, -0.15) is 0 Å². The second-order valence-corrected chi connectivity index (χ2v) is 12.3. The Kier molecular flexibility index (Phi) is 9.28. The van der Waals surface area contributed by atoms with E-state index in [-0.39, 0.29) is 32.1 Å². The van der Waals surface area contributed by atoms with Crippen molar-refractivity contribution < 1.29 is 48.3 Å². The van der Waals surface area contributed by atoms with Crippen LogP contribution in [0.1, 0.15) is 57.6 Å². The van der Waals surface area contributed by atoms with Gasteiger partial charge in [0.1, 0.15) is 31.0 Å². The zero-order valence-electron chi connectivity index (χ0n) is 25.3. The Bertz CT molecular complexity index is 1330. The molecule has 2 amide bonds. The summed E-state index contributed by atoms with van der Waals surface area (Å²) in [7, 11) is 0. The number of carboxylic acids is 1. The molecule has 2 aromatic rings. The van der Waals surface area contributed by atoms with E-state index in [1.165, 1.54) is 0 Å². The van der Waals surface area contributed by atoms with Gasteiger partial charge in [0, 0.05) is 18.9 Å². The number of ether oxygens (including phenoxy) is 5. The topological polar surface area (TPSA) is 162 Å². The average molecular weight is 613 g/mol. The molecule has 2 fully saturated rings. The molecule has 2 saturated heterocycles. The van der Waals surface area contributed by atoms with E-state index in [1.807, 2.05) is 48.5 Å². The molecule has 5 atom stereocenters. The third-order valence-electron chi connectivity index (χ3n) is 7.97. The van der Waals surface area contributed by atoms with Gasteiger partial charge in [-0.25, -0.2) is 4.79 Å². The van der Waals surface area contributed by atoms with Gasteiger partial charge in [-0.3, -0.25) is 9.59 Å². The van der Waals surface area contributed by atoms with Gasteiger partial charge in [-0.05, 0) is 49.9 Å². The zero-order chi connectivity index (χ0) is 31.6. The lowest BCUT2D eigenvalue weighted by Crippen LogP contribution is -2.49. The molecule has 12 heteroatoms. The van der Waals surface area contributed by atoms with Crippen molar-refractivity contribution in [3.8, 4) is 11.1 Å². The molecule has 3 aliphatic rings. The second-order valence-electron chi connectivity index (χ2n) is 12.3. The van der Waals surface area contributed by atoms with Crippen LogP contribution in [0.2, 0.25) is 0 Å². The minimum absolute atomic E-state index is 0.0476. The molecule has 44 heavy (non-hydrogen) atoms. The number of benzene rings is 2. The average Bonchev–Trinajstić information content (AvgIpc) is 3.60. The third kappa shape index (κ3) is 7.39. The van der Waals surface area contributed by atoms with E-state index in [2.05, 4.69) is 10.6 Å². The fraction of sp³-hybridized carbons (Fsp3) is 0.531. The van der Waals surface area contributed by atoms with Crippen molar-refractivity contribution in [1.82, 2.24) is 10.6 Å². The molecule has 2 heterocycles. The molecular formula is C32H40N2O10. The number of aliphatic hydroxyl groups excluding tert-OH is 1. The van der Waals surface area contributed by atoms with Crippen LogP contribution in [-0.4, -0.2) is 90.0 Å². The Morgan fingerprint density at radius 1 is 0.932 bits per heavy atom. The van der Waals surface area contributed by atoms with Crippen LogP contribution in [0.3, 0.4) is 0 Å². The summed E-state index contributed by atoms with van der Waals surface area (Å²) in [6.07, 6.45) is -4.77. The van der Waals surface area contributed by atoms with E-state index in [0.717, 1.165) is 22.3 Å². The largest absolute Gasteiger partial charge is 0.481 e. The normalized spacial score (nSPS) is 24.6. The van der Waals surface area contributed by atoms with E-state index in [4.69, 9.17) is 23.7 Å². The lowest BCUT2D eigenvalue weighted by molar-refractivity contribution is -0.175. The van der Waals surface area contributed by atoms with E-state index in [0.29, 0.717) is 0 Å². The first-order valence-corrected chi connectivity index (χ1v) is 14.8. The number of aliphatic carboxylic acids is 1. The van der Waals surface area contributed by atoms with Crippen molar-refractivity contribution in [1.29, 1.82) is 0 Å². The maximum atomic E-state index is 12.8. The molecule has 0 saturated carbocycles. The predicted molar refractivity (Wildman–Crippen MR) is 157 cm³/mol. The van der Waals surface area contributed by atoms with E-state index < -0.39 is 66.4 Å². The van der Waals surface area contributed by atoms with Gasteiger partial charge in [0.15, 0.2) is 11.6 Å². The number of carboxylic acid groups (broad SMARTS) is 1. The Morgan fingerprint density at radius 3 is 2.16 bits per heavy atom. The summed E-state index contributed by atoms with van der Waals surface area (Å²) in [5.41, 5.74) is 4.24. The molecule has 0 bridgehead atoms. The van der Waals surface area contributed by atoms with Gasteiger partial charge in [0.25, 0.3) is 0 Å². The van der Waals surface area contributed by atoms with Crippen LogP contribution in [0.5, 0.6) is 0 Å². The SMILES string of the molecule is CC1(C)O[C@H]([C@@H](O)CNC(=O)CC(CC(=O)O)NC(=O)OCC2c3ccccc3-c3ccccc32)[C@@H]([C@H]2COC(C)(C)O2)O1. The molecule has 1 aliphatic carbocycles. The molecule has 238 valence electrons. The molecule has 1 unspecified atom stereocenters. The Morgan fingerprint density at radius 2 is 1.57 bits per heavy atom. The van der Waals surface area contributed by atoms with Gasteiger partial charge < -0.3 is 44.5 Å². The van der Waals surface area contributed by atoms with E-state index in [9.17, 15) is 24.6 Å². The number of nitrogens with one attached hydrogen (secondary N) is 2. The van der Waals surface area contributed by atoms with Crippen molar-refractivity contribution in [3.05, 3.63) is 59.7 Å². The van der Waals surface area contributed by atoms with Crippen molar-refractivity contribution in [2.24, 2.45) is 0 Å². The number of carbonyl (C=O) groups is 3. The van der Waals surface area contributed by atoms with Gasteiger partial charge in [0.05, 0.1) is 19.1 Å². The Balaban J connectivity index is 1.14. The molecule has 12 nitrogen and oxygen atoms in total. The maximum Gasteiger partial charge on any atom is 0.407 e. The minimum atomic E-state index is -1.19.